The summed E-state index contributed by atoms with van der Waals surface area (Å²) in [5, 5.41) is 20.8. The van der Waals surface area contributed by atoms with E-state index in [-0.39, 0.29) is 49.2 Å². The highest BCUT2D eigenvalue weighted by atomic mass is 16.5. The summed E-state index contributed by atoms with van der Waals surface area (Å²) in [6, 6.07) is 11.2. The Bertz CT molecular complexity index is 1550. The van der Waals surface area contributed by atoms with E-state index in [2.05, 4.69) is 16.0 Å². The summed E-state index contributed by atoms with van der Waals surface area (Å²) in [6.45, 7) is 9.27. The van der Waals surface area contributed by atoms with Crippen molar-refractivity contribution in [1.82, 2.24) is 20.9 Å². The van der Waals surface area contributed by atoms with E-state index in [9.17, 15) is 29.1 Å². The van der Waals surface area contributed by atoms with E-state index in [0.29, 0.717) is 6.42 Å². The summed E-state index contributed by atoms with van der Waals surface area (Å²) in [7, 11) is 0. The van der Waals surface area contributed by atoms with Gasteiger partial charge in [0.2, 0.25) is 23.6 Å². The molecule has 0 unspecified atom stereocenters. The number of aliphatic carboxylic acids is 1. The van der Waals surface area contributed by atoms with E-state index in [1.54, 1.807) is 0 Å². The van der Waals surface area contributed by atoms with Crippen molar-refractivity contribution in [2.45, 2.75) is 116 Å². The number of nitrogens with zero attached hydrogens (tertiary/aromatic N) is 1. The molecule has 0 spiro atoms. The molecule has 0 bridgehead atoms. The number of fused-ring (bicyclic) bond motifs is 1. The lowest BCUT2D eigenvalue weighted by Crippen LogP contribution is -2.60. The minimum atomic E-state index is -1.38. The number of carboxylic acid groups (broad SMARTS) is 1. The molecule has 1 aliphatic heterocycles. The van der Waals surface area contributed by atoms with Crippen molar-refractivity contribution >= 4 is 40.4 Å². The first-order valence-corrected chi connectivity index (χ1v) is 17.8. The monoisotopic (exact) mass is 676 g/mol. The second kappa shape index (κ2) is 15.3. The average molecular weight is 677 g/mol. The number of hydrogen-bond donors (Lipinski definition) is 4. The Balaban J connectivity index is 1.37. The van der Waals surface area contributed by atoms with Crippen molar-refractivity contribution < 1.29 is 33.8 Å². The van der Waals surface area contributed by atoms with Gasteiger partial charge in [-0.3, -0.25) is 19.2 Å². The predicted octanol–water partition coefficient (Wildman–Crippen LogP) is 4.17. The van der Waals surface area contributed by atoms with E-state index < -0.39 is 53.5 Å². The van der Waals surface area contributed by atoms with Crippen LogP contribution in [-0.4, -0.2) is 75.9 Å². The lowest BCUT2D eigenvalue weighted by atomic mass is 9.83. The van der Waals surface area contributed by atoms with Gasteiger partial charge in [-0.1, -0.05) is 89.4 Å². The quantitative estimate of drug-likeness (QED) is 0.248. The number of carboxylic acids is 1. The van der Waals surface area contributed by atoms with Crippen molar-refractivity contribution in [2.24, 2.45) is 23.7 Å². The van der Waals surface area contributed by atoms with Crippen LogP contribution in [-0.2, 0) is 35.3 Å². The maximum Gasteiger partial charge on any atom is 0.329 e. The Kier molecular flexibility index (Phi) is 11.3. The van der Waals surface area contributed by atoms with Crippen molar-refractivity contribution in [3.63, 3.8) is 0 Å². The van der Waals surface area contributed by atoms with Gasteiger partial charge >= 0.3 is 5.97 Å². The minimum absolute atomic E-state index is 0.0302. The third kappa shape index (κ3) is 8.09. The first kappa shape index (κ1) is 36.3. The van der Waals surface area contributed by atoms with Gasteiger partial charge in [0, 0.05) is 19.9 Å². The zero-order valence-electron chi connectivity index (χ0n) is 29.4. The molecule has 4 amide bonds. The molecule has 4 N–H and O–H groups in total. The summed E-state index contributed by atoms with van der Waals surface area (Å²) in [4.78, 5) is 68.1. The number of benzene rings is 2. The van der Waals surface area contributed by atoms with E-state index in [0.717, 1.165) is 48.4 Å². The summed E-state index contributed by atoms with van der Waals surface area (Å²) in [5.41, 5.74) is -0.399. The molecular formula is C38H52N4O7. The molecule has 3 aliphatic rings. The molecule has 1 heterocycles. The fourth-order valence-electron chi connectivity index (χ4n) is 7.89. The van der Waals surface area contributed by atoms with Gasteiger partial charge in [0.05, 0.1) is 12.7 Å². The maximum atomic E-state index is 14.4. The van der Waals surface area contributed by atoms with E-state index in [1.165, 1.54) is 11.8 Å². The highest BCUT2D eigenvalue weighted by Gasteiger charge is 2.63. The Morgan fingerprint density at radius 3 is 2.29 bits per heavy atom. The number of nitrogens with one attached hydrogen (secondary N) is 3. The van der Waals surface area contributed by atoms with Crippen LogP contribution in [0.4, 0.5) is 0 Å². The summed E-state index contributed by atoms with van der Waals surface area (Å²) < 4.78 is 6.37. The fourth-order valence-corrected chi connectivity index (χ4v) is 7.89. The summed E-state index contributed by atoms with van der Waals surface area (Å²) >= 11 is 0. The van der Waals surface area contributed by atoms with Crippen LogP contribution in [0, 0.1) is 23.7 Å². The molecule has 11 nitrogen and oxygen atoms in total. The average Bonchev–Trinajstić information content (AvgIpc) is 3.66. The minimum Gasteiger partial charge on any atom is -0.479 e. The number of hydrogen-bond acceptors (Lipinski definition) is 6. The maximum absolute atomic E-state index is 14.4. The van der Waals surface area contributed by atoms with Gasteiger partial charge in [-0.2, -0.15) is 0 Å². The van der Waals surface area contributed by atoms with E-state index in [4.69, 9.17) is 4.74 Å². The molecule has 49 heavy (non-hydrogen) atoms. The predicted molar refractivity (Wildman–Crippen MR) is 185 cm³/mol. The third-order valence-corrected chi connectivity index (χ3v) is 10.7. The van der Waals surface area contributed by atoms with Crippen LogP contribution in [0.25, 0.3) is 10.8 Å². The van der Waals surface area contributed by atoms with Crippen molar-refractivity contribution in [2.75, 3.05) is 6.54 Å². The van der Waals surface area contributed by atoms with Gasteiger partial charge in [-0.25, -0.2) is 4.79 Å². The van der Waals surface area contributed by atoms with Crippen LogP contribution < -0.4 is 16.0 Å². The number of likely N-dealkylation sites (tertiary alicyclic amines) is 1. The number of ether oxygens (including phenoxy) is 1. The molecule has 0 aromatic heterocycles. The van der Waals surface area contributed by atoms with Gasteiger partial charge in [-0.15, -0.1) is 0 Å². The fraction of sp³-hybridized carbons (Fsp3) is 0.605. The molecule has 5 rings (SSSR count). The molecule has 11 heteroatoms. The Hall–Kier alpha value is -3.99. The lowest BCUT2D eigenvalue weighted by Gasteiger charge is -2.34. The highest BCUT2D eigenvalue weighted by molar-refractivity contribution is 5.97. The van der Waals surface area contributed by atoms with Gasteiger partial charge < -0.3 is 30.7 Å². The van der Waals surface area contributed by atoms with Crippen LogP contribution in [0.15, 0.2) is 42.5 Å². The number of rotatable bonds is 13. The normalized spacial score (nSPS) is 25.2. The molecule has 6 atom stereocenters. The lowest BCUT2D eigenvalue weighted by molar-refractivity contribution is -0.147. The van der Waals surface area contributed by atoms with E-state index >= 15 is 0 Å². The SMILES string of the molecule is CC(=O)N[C@H](C(=O)N[C@H](C(=O)N1C[C@H](OCc2cccc3ccccc23)C[C@H]1C(=O)N[C@@]1(C(=O)O)C[C@@H]1C(C)C)C(C)C)C1CCCCC1. The summed E-state index contributed by atoms with van der Waals surface area (Å²) in [6.07, 6.45) is 4.65. The van der Waals surface area contributed by atoms with Gasteiger partial charge in [-0.05, 0) is 59.3 Å². The van der Waals surface area contributed by atoms with Crippen LogP contribution in [0.2, 0.25) is 0 Å². The zero-order valence-corrected chi connectivity index (χ0v) is 29.4. The van der Waals surface area contributed by atoms with Crippen molar-refractivity contribution in [1.29, 1.82) is 0 Å². The summed E-state index contributed by atoms with van der Waals surface area (Å²) in [5.74, 6) is -3.32. The zero-order chi connectivity index (χ0) is 35.5. The molecule has 2 aliphatic carbocycles. The van der Waals surface area contributed by atoms with Crippen molar-refractivity contribution in [3.05, 3.63) is 48.0 Å². The van der Waals surface area contributed by atoms with Crippen molar-refractivity contribution in [3.8, 4) is 0 Å². The topological polar surface area (TPSA) is 154 Å². The molecular weight excluding hydrogens is 624 g/mol. The van der Waals surface area contributed by atoms with Crippen LogP contribution in [0.5, 0.6) is 0 Å². The standard InChI is InChI=1S/C38H52N4O7/c1-22(2)30-19-38(30,37(47)48)41-34(44)31-18-28(49-21-27-16-11-15-25-12-9-10-17-29(25)27)20-42(31)36(46)32(23(3)4)40-35(45)33(39-24(5)43)26-13-7-6-8-14-26/h9-12,15-17,22-23,26,28,30-33H,6-8,13-14,18-21H2,1-5H3,(H,39,43)(H,40,45)(H,41,44)(H,47,48)/t28-,30-,31+,32+,33+,38+/m1/s1. The number of carbonyl (C=O) groups excluding carboxylic acids is 4. The first-order chi connectivity index (χ1) is 23.3. The molecule has 266 valence electrons. The molecule has 3 fully saturated rings. The smallest absolute Gasteiger partial charge is 0.329 e. The third-order valence-electron chi connectivity index (χ3n) is 10.7. The highest BCUT2D eigenvalue weighted by Crippen LogP contribution is 2.49. The second-order valence-electron chi connectivity index (χ2n) is 14.9. The Morgan fingerprint density at radius 2 is 1.65 bits per heavy atom. The number of amides is 4. The first-order valence-electron chi connectivity index (χ1n) is 17.8. The molecule has 1 saturated heterocycles. The molecule has 2 aromatic carbocycles. The van der Waals surface area contributed by atoms with Crippen LogP contribution >= 0.6 is 0 Å². The van der Waals surface area contributed by atoms with Crippen LogP contribution in [0.1, 0.15) is 85.1 Å². The Labute approximate surface area is 288 Å². The molecule has 0 radical (unpaired) electrons. The van der Waals surface area contributed by atoms with Gasteiger partial charge in [0.15, 0.2) is 0 Å². The molecule has 2 saturated carbocycles. The van der Waals surface area contributed by atoms with Gasteiger partial charge in [0.25, 0.3) is 0 Å². The molecule has 2 aromatic rings. The van der Waals surface area contributed by atoms with E-state index in [1.807, 2.05) is 70.2 Å². The van der Waals surface area contributed by atoms with Crippen LogP contribution in [0.3, 0.4) is 0 Å². The second-order valence-corrected chi connectivity index (χ2v) is 14.9. The number of carbonyl (C=O) groups is 5. The largest absolute Gasteiger partial charge is 0.479 e. The Morgan fingerprint density at radius 1 is 0.959 bits per heavy atom. The van der Waals surface area contributed by atoms with Gasteiger partial charge in [0.1, 0.15) is 23.7 Å².